The summed E-state index contributed by atoms with van der Waals surface area (Å²) in [6.07, 6.45) is 0. The molecule has 1 N–H and O–H groups in total. The zero-order chi connectivity index (χ0) is 24.4. The number of carbonyl (C=O) groups is 1. The molecule has 0 unspecified atom stereocenters. The first-order valence-electron chi connectivity index (χ1n) is 11.4. The van der Waals surface area contributed by atoms with Gasteiger partial charge in [0, 0.05) is 42.2 Å². The van der Waals surface area contributed by atoms with Gasteiger partial charge in [-0.2, -0.15) is 0 Å². The van der Waals surface area contributed by atoms with Crippen LogP contribution in [0.4, 0.5) is 5.69 Å². The number of aromatic nitrogens is 2. The standard InChI is InChI=1S/C30H25N3O2/c1-32(2)25-17-13-23(14-18-25)29-31-27(21-9-5-3-6-10-21)28(22-11-7-4-8-12-22)33(29)26-19-15-24(16-20-26)30(34)35/h3-20H,1-2H3,(H,34,35). The number of benzene rings is 4. The van der Waals surface area contributed by atoms with Crippen molar-refractivity contribution in [2.45, 2.75) is 0 Å². The first-order valence-corrected chi connectivity index (χ1v) is 11.4. The molecule has 0 aliphatic rings. The quantitative estimate of drug-likeness (QED) is 0.309. The molecule has 0 spiro atoms. The molecule has 1 aromatic heterocycles. The van der Waals surface area contributed by atoms with Crippen LogP contribution in [-0.4, -0.2) is 34.7 Å². The number of carboxylic acids is 1. The van der Waals surface area contributed by atoms with Crippen molar-refractivity contribution in [3.05, 3.63) is 115 Å². The van der Waals surface area contributed by atoms with Crippen molar-refractivity contribution in [3.8, 4) is 39.6 Å². The molecule has 0 fully saturated rings. The van der Waals surface area contributed by atoms with Crippen molar-refractivity contribution in [3.63, 3.8) is 0 Å². The highest BCUT2D eigenvalue weighted by molar-refractivity contribution is 5.88. The minimum atomic E-state index is -0.949. The number of hydrogen-bond donors (Lipinski definition) is 1. The summed E-state index contributed by atoms with van der Waals surface area (Å²) in [5.41, 5.74) is 7.01. The van der Waals surface area contributed by atoms with E-state index in [4.69, 9.17) is 4.98 Å². The fraction of sp³-hybridized carbons (Fsp3) is 0.0667. The third kappa shape index (κ3) is 4.32. The first-order chi connectivity index (χ1) is 17.0. The van der Waals surface area contributed by atoms with Crippen molar-refractivity contribution in [1.82, 2.24) is 9.55 Å². The van der Waals surface area contributed by atoms with E-state index in [1.165, 1.54) is 0 Å². The van der Waals surface area contributed by atoms with Gasteiger partial charge in [-0.3, -0.25) is 4.57 Å². The number of imidazole rings is 1. The Morgan fingerprint density at radius 1 is 0.714 bits per heavy atom. The topological polar surface area (TPSA) is 58.4 Å². The second kappa shape index (κ2) is 9.31. The van der Waals surface area contributed by atoms with Gasteiger partial charge in [0.15, 0.2) is 0 Å². The molecule has 0 saturated heterocycles. The maximum Gasteiger partial charge on any atom is 0.335 e. The highest BCUT2D eigenvalue weighted by Gasteiger charge is 2.22. The zero-order valence-corrected chi connectivity index (χ0v) is 19.6. The minimum Gasteiger partial charge on any atom is -0.478 e. The Labute approximate surface area is 204 Å². The van der Waals surface area contributed by atoms with Gasteiger partial charge in [-0.25, -0.2) is 9.78 Å². The first kappa shape index (κ1) is 22.2. The smallest absolute Gasteiger partial charge is 0.335 e. The Kier molecular flexibility index (Phi) is 5.90. The molecule has 4 aromatic carbocycles. The molecular weight excluding hydrogens is 434 g/mol. The molecule has 172 valence electrons. The van der Waals surface area contributed by atoms with E-state index in [-0.39, 0.29) is 5.56 Å². The molecule has 0 radical (unpaired) electrons. The van der Waals surface area contributed by atoms with Crippen LogP contribution >= 0.6 is 0 Å². The molecule has 5 rings (SSSR count). The fourth-order valence-corrected chi connectivity index (χ4v) is 4.19. The lowest BCUT2D eigenvalue weighted by molar-refractivity contribution is 0.0697. The predicted molar refractivity (Wildman–Crippen MR) is 141 cm³/mol. The molecule has 0 atom stereocenters. The van der Waals surface area contributed by atoms with Gasteiger partial charge in [-0.15, -0.1) is 0 Å². The number of carboxylic acid groups (broad SMARTS) is 1. The lowest BCUT2D eigenvalue weighted by Gasteiger charge is -2.15. The second-order valence-electron chi connectivity index (χ2n) is 8.49. The van der Waals surface area contributed by atoms with Crippen LogP contribution in [0.15, 0.2) is 109 Å². The van der Waals surface area contributed by atoms with Crippen LogP contribution in [0.5, 0.6) is 0 Å². The summed E-state index contributed by atoms with van der Waals surface area (Å²) in [5, 5.41) is 9.41. The third-order valence-corrected chi connectivity index (χ3v) is 5.99. The zero-order valence-electron chi connectivity index (χ0n) is 19.6. The molecule has 1 heterocycles. The van der Waals surface area contributed by atoms with Crippen LogP contribution in [-0.2, 0) is 0 Å². The van der Waals surface area contributed by atoms with E-state index in [9.17, 15) is 9.90 Å². The Morgan fingerprint density at radius 2 is 1.29 bits per heavy atom. The number of anilines is 1. The highest BCUT2D eigenvalue weighted by Crippen LogP contribution is 2.38. The minimum absolute atomic E-state index is 0.246. The largest absolute Gasteiger partial charge is 0.478 e. The van der Waals surface area contributed by atoms with E-state index in [1.807, 2.05) is 62.6 Å². The van der Waals surface area contributed by atoms with Crippen LogP contribution in [0.1, 0.15) is 10.4 Å². The van der Waals surface area contributed by atoms with Gasteiger partial charge in [0.05, 0.1) is 17.0 Å². The summed E-state index contributed by atoms with van der Waals surface area (Å²) in [4.78, 5) is 18.7. The van der Waals surface area contributed by atoms with Crippen LogP contribution < -0.4 is 4.90 Å². The van der Waals surface area contributed by atoms with E-state index in [0.717, 1.165) is 45.3 Å². The number of rotatable bonds is 6. The van der Waals surface area contributed by atoms with E-state index < -0.39 is 5.97 Å². The number of aromatic carboxylic acids is 1. The van der Waals surface area contributed by atoms with E-state index in [2.05, 4.69) is 58.0 Å². The summed E-state index contributed by atoms with van der Waals surface area (Å²) >= 11 is 0. The Hall–Kier alpha value is -4.64. The van der Waals surface area contributed by atoms with Gasteiger partial charge >= 0.3 is 5.97 Å². The maximum atomic E-state index is 11.5. The second-order valence-corrected chi connectivity index (χ2v) is 8.49. The molecule has 5 heteroatoms. The van der Waals surface area contributed by atoms with Gasteiger partial charge in [-0.05, 0) is 48.5 Å². The van der Waals surface area contributed by atoms with Crippen molar-refractivity contribution < 1.29 is 9.90 Å². The lowest BCUT2D eigenvalue weighted by Crippen LogP contribution is -2.08. The maximum absolute atomic E-state index is 11.5. The lowest BCUT2D eigenvalue weighted by atomic mass is 10.0. The van der Waals surface area contributed by atoms with Crippen LogP contribution in [0.2, 0.25) is 0 Å². The number of nitrogens with zero attached hydrogens (tertiary/aromatic N) is 3. The van der Waals surface area contributed by atoms with Gasteiger partial charge in [0.1, 0.15) is 5.82 Å². The average Bonchev–Trinajstić information content (AvgIpc) is 3.30. The molecule has 5 aromatic rings. The fourth-order valence-electron chi connectivity index (χ4n) is 4.19. The van der Waals surface area contributed by atoms with Crippen molar-refractivity contribution in [1.29, 1.82) is 0 Å². The monoisotopic (exact) mass is 459 g/mol. The average molecular weight is 460 g/mol. The SMILES string of the molecule is CN(C)c1ccc(-c2nc(-c3ccccc3)c(-c3ccccc3)n2-c2ccc(C(=O)O)cc2)cc1. The molecule has 0 bridgehead atoms. The Morgan fingerprint density at radius 3 is 1.83 bits per heavy atom. The molecule has 0 aliphatic carbocycles. The molecule has 35 heavy (non-hydrogen) atoms. The van der Waals surface area contributed by atoms with Crippen molar-refractivity contribution in [2.75, 3.05) is 19.0 Å². The van der Waals surface area contributed by atoms with Crippen molar-refractivity contribution >= 4 is 11.7 Å². The van der Waals surface area contributed by atoms with Gasteiger partial charge < -0.3 is 10.0 Å². The van der Waals surface area contributed by atoms with Gasteiger partial charge in [-0.1, -0.05) is 60.7 Å². The normalized spacial score (nSPS) is 10.8. The third-order valence-electron chi connectivity index (χ3n) is 5.99. The Balaban J connectivity index is 1.82. The van der Waals surface area contributed by atoms with E-state index >= 15 is 0 Å². The Bertz CT molecular complexity index is 1450. The van der Waals surface area contributed by atoms with Crippen LogP contribution in [0.25, 0.3) is 39.6 Å². The highest BCUT2D eigenvalue weighted by atomic mass is 16.4. The molecule has 5 nitrogen and oxygen atoms in total. The summed E-state index contributed by atoms with van der Waals surface area (Å²) in [5.74, 6) is -0.161. The molecule has 0 amide bonds. The molecule has 0 aliphatic heterocycles. The van der Waals surface area contributed by atoms with Crippen molar-refractivity contribution in [2.24, 2.45) is 0 Å². The van der Waals surface area contributed by atoms with Crippen LogP contribution in [0.3, 0.4) is 0 Å². The number of hydrogen-bond acceptors (Lipinski definition) is 3. The summed E-state index contributed by atoms with van der Waals surface area (Å²) in [6, 6.07) is 35.5. The summed E-state index contributed by atoms with van der Waals surface area (Å²) in [6.45, 7) is 0. The summed E-state index contributed by atoms with van der Waals surface area (Å²) < 4.78 is 2.12. The van der Waals surface area contributed by atoms with E-state index in [1.54, 1.807) is 12.1 Å². The van der Waals surface area contributed by atoms with Gasteiger partial charge in [0.2, 0.25) is 0 Å². The van der Waals surface area contributed by atoms with Gasteiger partial charge in [0.25, 0.3) is 0 Å². The van der Waals surface area contributed by atoms with E-state index in [0.29, 0.717) is 0 Å². The molecular formula is C30H25N3O2. The summed E-state index contributed by atoms with van der Waals surface area (Å²) in [7, 11) is 4.03. The molecule has 0 saturated carbocycles. The van der Waals surface area contributed by atoms with Crippen LogP contribution in [0, 0.1) is 0 Å². The predicted octanol–water partition coefficient (Wildman–Crippen LogP) is 6.64.